The number of aromatic nitrogens is 2. The van der Waals surface area contributed by atoms with E-state index in [-0.39, 0.29) is 6.10 Å². The molecule has 2 heterocycles. The summed E-state index contributed by atoms with van der Waals surface area (Å²) in [4.78, 5) is 5.14. The molecule has 1 saturated heterocycles. The second-order valence-electron chi connectivity index (χ2n) is 7.80. The van der Waals surface area contributed by atoms with E-state index < -0.39 is 10.0 Å². The van der Waals surface area contributed by atoms with Gasteiger partial charge in [-0.3, -0.25) is 0 Å². The quantitative estimate of drug-likeness (QED) is 0.346. The number of halogens is 1. The number of hydrogen-bond donors (Lipinski definition) is 0. The molecule has 172 valence electrons. The van der Waals surface area contributed by atoms with Crippen LogP contribution in [0.15, 0.2) is 57.0 Å². The number of benzene rings is 2. The maximum atomic E-state index is 13.0. The van der Waals surface area contributed by atoms with Crippen molar-refractivity contribution in [2.24, 2.45) is 0 Å². The van der Waals surface area contributed by atoms with Gasteiger partial charge in [-0.1, -0.05) is 53.7 Å². The van der Waals surface area contributed by atoms with Crippen LogP contribution < -0.4 is 0 Å². The Labute approximate surface area is 202 Å². The van der Waals surface area contributed by atoms with Gasteiger partial charge in [0.2, 0.25) is 10.0 Å². The highest BCUT2D eigenvalue weighted by Gasteiger charge is 2.24. The van der Waals surface area contributed by atoms with Gasteiger partial charge in [-0.15, -0.1) is 0 Å². The molecule has 1 aliphatic rings. The zero-order valence-electron chi connectivity index (χ0n) is 18.3. The zero-order chi connectivity index (χ0) is 22.7. The molecule has 1 fully saturated rings. The van der Waals surface area contributed by atoms with E-state index in [0.29, 0.717) is 23.5 Å². The largest absolute Gasteiger partial charge is 0.376 e. The smallest absolute Gasteiger partial charge is 0.243 e. The molecule has 2 aromatic carbocycles. The molecule has 32 heavy (non-hydrogen) atoms. The molecule has 4 rings (SSSR count). The summed E-state index contributed by atoms with van der Waals surface area (Å²) in [5, 5.41) is 0.885. The Hall–Kier alpha value is -1.39. The van der Waals surface area contributed by atoms with Crippen LogP contribution in [-0.4, -0.2) is 48.1 Å². The third-order valence-corrected chi connectivity index (χ3v) is 9.34. The lowest BCUT2D eigenvalue weighted by Crippen LogP contribution is -2.30. The standard InChI is InChI=1S/C23H28BrN3O3S2/c1-3-26(4-2)32(28,29)20-11-12-22-21(14-20)25-23(27(22)15-19-6-5-13-30-19)31-16-17-7-9-18(24)10-8-17/h7-12,14,19H,3-6,13,15-16H2,1-2H3/t19-/m1/s1. The van der Waals surface area contributed by atoms with Crippen LogP contribution in [0.25, 0.3) is 11.0 Å². The van der Waals surface area contributed by atoms with Crippen molar-refractivity contribution in [1.29, 1.82) is 0 Å². The van der Waals surface area contributed by atoms with Gasteiger partial charge in [-0.2, -0.15) is 4.31 Å². The highest BCUT2D eigenvalue weighted by Crippen LogP contribution is 2.31. The van der Waals surface area contributed by atoms with Crippen LogP contribution in [0.3, 0.4) is 0 Å². The van der Waals surface area contributed by atoms with Gasteiger partial charge in [0, 0.05) is 29.9 Å². The van der Waals surface area contributed by atoms with Crippen LogP contribution in [0.5, 0.6) is 0 Å². The summed E-state index contributed by atoms with van der Waals surface area (Å²) < 4.78 is 36.6. The number of imidazole rings is 1. The van der Waals surface area contributed by atoms with E-state index in [2.05, 4.69) is 32.6 Å². The maximum Gasteiger partial charge on any atom is 0.243 e. The maximum absolute atomic E-state index is 13.0. The number of sulfonamides is 1. The molecule has 3 aromatic rings. The van der Waals surface area contributed by atoms with Crippen LogP contribution in [0, 0.1) is 0 Å². The molecule has 0 unspecified atom stereocenters. The molecular weight excluding hydrogens is 510 g/mol. The van der Waals surface area contributed by atoms with Gasteiger partial charge in [0.05, 0.1) is 28.6 Å². The molecule has 1 aliphatic heterocycles. The fourth-order valence-electron chi connectivity index (χ4n) is 3.97. The van der Waals surface area contributed by atoms with E-state index in [9.17, 15) is 8.42 Å². The molecule has 0 spiro atoms. The second-order valence-corrected chi connectivity index (χ2v) is 11.6. The topological polar surface area (TPSA) is 64.4 Å². The lowest BCUT2D eigenvalue weighted by atomic mass is 10.2. The predicted octanol–water partition coefficient (Wildman–Crippen LogP) is 5.30. The predicted molar refractivity (Wildman–Crippen MR) is 133 cm³/mol. The second kappa shape index (κ2) is 10.3. The Morgan fingerprint density at radius 2 is 1.94 bits per heavy atom. The van der Waals surface area contributed by atoms with Gasteiger partial charge in [0.1, 0.15) is 0 Å². The highest BCUT2D eigenvalue weighted by molar-refractivity contribution is 9.10. The minimum Gasteiger partial charge on any atom is -0.376 e. The molecule has 9 heteroatoms. The lowest BCUT2D eigenvalue weighted by molar-refractivity contribution is 0.0960. The molecule has 0 saturated carbocycles. The molecule has 0 aliphatic carbocycles. The van der Waals surface area contributed by atoms with Crippen LogP contribution in [0.4, 0.5) is 0 Å². The van der Waals surface area contributed by atoms with Crippen LogP contribution in [-0.2, 0) is 27.1 Å². The first-order valence-electron chi connectivity index (χ1n) is 10.9. The van der Waals surface area contributed by atoms with E-state index in [1.54, 1.807) is 23.9 Å². The van der Waals surface area contributed by atoms with Crippen molar-refractivity contribution in [1.82, 2.24) is 13.9 Å². The van der Waals surface area contributed by atoms with Gasteiger partial charge in [-0.25, -0.2) is 13.4 Å². The minimum atomic E-state index is -3.53. The van der Waals surface area contributed by atoms with Crippen molar-refractivity contribution in [3.8, 4) is 0 Å². The fraction of sp³-hybridized carbons (Fsp3) is 0.435. The number of hydrogen-bond acceptors (Lipinski definition) is 5. The fourth-order valence-corrected chi connectivity index (χ4v) is 6.69. The third-order valence-electron chi connectivity index (χ3n) is 5.72. The Bertz CT molecular complexity index is 1170. The van der Waals surface area contributed by atoms with Gasteiger partial charge in [-0.05, 0) is 48.7 Å². The molecule has 0 N–H and O–H groups in total. The van der Waals surface area contributed by atoms with Crippen molar-refractivity contribution < 1.29 is 13.2 Å². The van der Waals surface area contributed by atoms with Crippen molar-refractivity contribution >= 4 is 48.7 Å². The first-order chi connectivity index (χ1) is 15.4. The summed E-state index contributed by atoms with van der Waals surface area (Å²) >= 11 is 5.14. The van der Waals surface area contributed by atoms with E-state index >= 15 is 0 Å². The third kappa shape index (κ3) is 5.07. The average molecular weight is 539 g/mol. The summed E-state index contributed by atoms with van der Waals surface area (Å²) in [6.07, 6.45) is 2.27. The van der Waals surface area contributed by atoms with E-state index in [0.717, 1.165) is 46.9 Å². The molecule has 6 nitrogen and oxygen atoms in total. The van der Waals surface area contributed by atoms with Gasteiger partial charge in [0.15, 0.2) is 5.16 Å². The Kier molecular flexibility index (Phi) is 7.62. The van der Waals surface area contributed by atoms with E-state index in [1.165, 1.54) is 9.87 Å². The molecule has 0 radical (unpaired) electrons. The number of fused-ring (bicyclic) bond motifs is 1. The van der Waals surface area contributed by atoms with Crippen molar-refractivity contribution in [3.05, 3.63) is 52.5 Å². The first kappa shape index (κ1) is 23.8. The summed E-state index contributed by atoms with van der Waals surface area (Å²) in [5.74, 6) is 0.784. The Morgan fingerprint density at radius 1 is 1.19 bits per heavy atom. The number of thioether (sulfide) groups is 1. The van der Waals surface area contributed by atoms with Gasteiger partial charge in [0.25, 0.3) is 0 Å². The van der Waals surface area contributed by atoms with Crippen LogP contribution >= 0.6 is 27.7 Å². The minimum absolute atomic E-state index is 0.165. The SMILES string of the molecule is CCN(CC)S(=O)(=O)c1ccc2c(c1)nc(SCc1ccc(Br)cc1)n2C[C@H]1CCCO1. The number of nitrogens with zero attached hydrogens (tertiary/aromatic N) is 3. The van der Waals surface area contributed by atoms with Crippen molar-refractivity contribution in [2.75, 3.05) is 19.7 Å². The Balaban J connectivity index is 1.69. The molecule has 0 bridgehead atoms. The average Bonchev–Trinajstić information content (AvgIpc) is 3.42. The number of ether oxygens (including phenoxy) is 1. The van der Waals surface area contributed by atoms with Crippen LogP contribution in [0.2, 0.25) is 0 Å². The van der Waals surface area contributed by atoms with Crippen molar-refractivity contribution in [2.45, 2.75) is 55.1 Å². The first-order valence-corrected chi connectivity index (χ1v) is 14.1. The molecule has 1 atom stereocenters. The molecule has 0 amide bonds. The van der Waals surface area contributed by atoms with E-state index in [4.69, 9.17) is 9.72 Å². The normalized spacial score (nSPS) is 16.9. The summed E-state index contributed by atoms with van der Waals surface area (Å²) in [7, 11) is -3.53. The Morgan fingerprint density at radius 3 is 2.59 bits per heavy atom. The summed E-state index contributed by atoms with van der Waals surface area (Å²) in [6, 6.07) is 13.6. The van der Waals surface area contributed by atoms with Gasteiger partial charge < -0.3 is 9.30 Å². The summed E-state index contributed by atoms with van der Waals surface area (Å²) in [5.41, 5.74) is 2.85. The molecular formula is C23H28BrN3O3S2. The van der Waals surface area contributed by atoms with Gasteiger partial charge >= 0.3 is 0 Å². The monoisotopic (exact) mass is 537 g/mol. The molecule has 1 aromatic heterocycles. The van der Waals surface area contributed by atoms with Crippen LogP contribution in [0.1, 0.15) is 32.3 Å². The van der Waals surface area contributed by atoms with E-state index in [1.807, 2.05) is 32.0 Å². The van der Waals surface area contributed by atoms with Crippen molar-refractivity contribution in [3.63, 3.8) is 0 Å². The summed E-state index contributed by atoms with van der Waals surface area (Å²) in [6.45, 7) is 6.11. The zero-order valence-corrected chi connectivity index (χ0v) is 21.5. The lowest BCUT2D eigenvalue weighted by Gasteiger charge is -2.18. The number of rotatable bonds is 9. The highest BCUT2D eigenvalue weighted by atomic mass is 79.9.